The molecule has 1 aromatic rings. The Balaban J connectivity index is 2.11. The SMILES string of the molecule is O=C(O)CN1CCN(CC(=O)O)CCN(CC(=O)Cc2ccc(C(=O)O)cc2)CCN(CC(=O)O)CC1. The maximum absolute atomic E-state index is 12.8. The third-order valence-corrected chi connectivity index (χ3v) is 6.01. The summed E-state index contributed by atoms with van der Waals surface area (Å²) in [6, 6.07) is 6.04. The summed E-state index contributed by atoms with van der Waals surface area (Å²) >= 11 is 0. The summed E-state index contributed by atoms with van der Waals surface area (Å²) in [5.41, 5.74) is 0.793. The van der Waals surface area contributed by atoms with Gasteiger partial charge in [0.1, 0.15) is 0 Å². The highest BCUT2D eigenvalue weighted by Gasteiger charge is 2.21. The van der Waals surface area contributed by atoms with Gasteiger partial charge in [0.15, 0.2) is 5.78 Å². The smallest absolute Gasteiger partial charge is 0.335 e. The molecule has 0 spiro atoms. The minimum Gasteiger partial charge on any atom is -0.480 e. The van der Waals surface area contributed by atoms with Gasteiger partial charge in [-0.2, -0.15) is 0 Å². The zero-order valence-electron chi connectivity index (χ0n) is 20.6. The zero-order chi connectivity index (χ0) is 27.4. The van der Waals surface area contributed by atoms with Crippen LogP contribution in [-0.4, -0.2) is 148 Å². The number of carbonyl (C=O) groups excluding carboxylic acids is 1. The van der Waals surface area contributed by atoms with Gasteiger partial charge in [0.25, 0.3) is 0 Å². The third-order valence-electron chi connectivity index (χ3n) is 6.01. The molecule has 37 heavy (non-hydrogen) atoms. The molecule has 13 nitrogen and oxygen atoms in total. The van der Waals surface area contributed by atoms with E-state index in [-0.39, 0.29) is 43.9 Å². The molecule has 1 aliphatic rings. The molecule has 0 saturated carbocycles. The molecule has 2 rings (SSSR count). The lowest BCUT2D eigenvalue weighted by Gasteiger charge is -2.32. The van der Waals surface area contributed by atoms with Gasteiger partial charge in [-0.15, -0.1) is 0 Å². The van der Waals surface area contributed by atoms with Crippen LogP contribution in [0.5, 0.6) is 0 Å². The Morgan fingerprint density at radius 2 is 0.865 bits per heavy atom. The first-order chi connectivity index (χ1) is 17.5. The van der Waals surface area contributed by atoms with Crippen molar-refractivity contribution in [1.82, 2.24) is 19.6 Å². The molecule has 1 heterocycles. The number of benzene rings is 1. The lowest BCUT2D eigenvalue weighted by Crippen LogP contribution is -2.49. The molecule has 0 aromatic heterocycles. The summed E-state index contributed by atoms with van der Waals surface area (Å²) in [5, 5.41) is 36.8. The highest BCUT2D eigenvalue weighted by molar-refractivity contribution is 5.88. The quantitative estimate of drug-likeness (QED) is 0.277. The van der Waals surface area contributed by atoms with E-state index in [9.17, 15) is 39.3 Å². The van der Waals surface area contributed by atoms with Gasteiger partial charge in [0.2, 0.25) is 0 Å². The molecule has 1 aromatic carbocycles. The maximum atomic E-state index is 12.8. The number of aliphatic carboxylic acids is 3. The molecule has 0 aliphatic carbocycles. The molecule has 0 radical (unpaired) electrons. The summed E-state index contributed by atoms with van der Waals surface area (Å²) in [4.78, 5) is 64.7. The van der Waals surface area contributed by atoms with E-state index < -0.39 is 23.9 Å². The zero-order valence-corrected chi connectivity index (χ0v) is 20.6. The molecule has 204 valence electrons. The van der Waals surface area contributed by atoms with Gasteiger partial charge in [-0.3, -0.25) is 38.8 Å². The summed E-state index contributed by atoms with van der Waals surface area (Å²) < 4.78 is 0. The van der Waals surface area contributed by atoms with Crippen LogP contribution >= 0.6 is 0 Å². The van der Waals surface area contributed by atoms with Crippen molar-refractivity contribution in [2.45, 2.75) is 6.42 Å². The van der Waals surface area contributed by atoms with Gasteiger partial charge >= 0.3 is 23.9 Å². The normalized spacial score (nSPS) is 17.4. The first-order valence-electron chi connectivity index (χ1n) is 11.9. The molecule has 0 bridgehead atoms. The number of hydrogen-bond donors (Lipinski definition) is 4. The molecule has 4 N–H and O–H groups in total. The Bertz CT molecular complexity index is 922. The van der Waals surface area contributed by atoms with Gasteiger partial charge in [-0.25, -0.2) is 4.79 Å². The molecule has 0 atom stereocenters. The molecule has 1 aliphatic heterocycles. The second-order valence-corrected chi connectivity index (χ2v) is 9.00. The van der Waals surface area contributed by atoms with Crippen molar-refractivity contribution < 1.29 is 44.4 Å². The summed E-state index contributed by atoms with van der Waals surface area (Å²) in [6.07, 6.45) is 0.0955. The number of carbonyl (C=O) groups is 5. The van der Waals surface area contributed by atoms with E-state index in [1.807, 2.05) is 4.90 Å². The van der Waals surface area contributed by atoms with Crippen molar-refractivity contribution in [3.05, 3.63) is 35.4 Å². The molecular formula is C24H34N4O9. The monoisotopic (exact) mass is 522 g/mol. The first kappa shape index (κ1) is 29.8. The minimum absolute atomic E-state index is 0.0631. The van der Waals surface area contributed by atoms with Crippen LogP contribution < -0.4 is 0 Å². The fraction of sp³-hybridized carbons (Fsp3) is 0.542. The molecular weight excluding hydrogens is 488 g/mol. The number of aromatic carboxylic acids is 1. The van der Waals surface area contributed by atoms with Gasteiger partial charge in [0, 0.05) is 58.8 Å². The van der Waals surface area contributed by atoms with E-state index >= 15 is 0 Å². The second-order valence-electron chi connectivity index (χ2n) is 9.00. The van der Waals surface area contributed by atoms with Gasteiger partial charge in [-0.05, 0) is 17.7 Å². The standard InChI is InChI=1S/C24H34N4O9/c29-20(13-18-1-3-19(4-2-18)24(36)37)14-25-5-7-26(15-21(30)31)9-11-28(17-23(34)35)12-10-27(8-6-25)16-22(32)33/h1-4H,5-17H2,(H,30,31)(H,32,33)(H,34,35)(H,36,37). The summed E-state index contributed by atoms with van der Waals surface area (Å²) in [5.74, 6) is -4.23. The van der Waals surface area contributed by atoms with Crippen molar-refractivity contribution in [1.29, 1.82) is 0 Å². The lowest BCUT2D eigenvalue weighted by atomic mass is 10.1. The van der Waals surface area contributed by atoms with Gasteiger partial charge < -0.3 is 20.4 Å². The van der Waals surface area contributed by atoms with Crippen LogP contribution in [0, 0.1) is 0 Å². The number of Topliss-reactive ketones (excluding diaryl/α,β-unsaturated/α-hetero) is 1. The predicted molar refractivity (Wildman–Crippen MR) is 131 cm³/mol. The Morgan fingerprint density at radius 3 is 1.16 bits per heavy atom. The Morgan fingerprint density at radius 1 is 0.541 bits per heavy atom. The van der Waals surface area contributed by atoms with Crippen LogP contribution in [0.3, 0.4) is 0 Å². The van der Waals surface area contributed by atoms with E-state index in [0.29, 0.717) is 57.9 Å². The summed E-state index contributed by atoms with van der Waals surface area (Å²) in [7, 11) is 0. The average molecular weight is 523 g/mol. The summed E-state index contributed by atoms with van der Waals surface area (Å²) in [6.45, 7) is 1.92. The number of ketones is 1. The highest BCUT2D eigenvalue weighted by atomic mass is 16.4. The van der Waals surface area contributed by atoms with Crippen molar-refractivity contribution in [2.24, 2.45) is 0 Å². The number of carboxylic acid groups (broad SMARTS) is 4. The van der Waals surface area contributed by atoms with Crippen LogP contribution in [0.4, 0.5) is 0 Å². The van der Waals surface area contributed by atoms with Crippen LogP contribution in [0.1, 0.15) is 15.9 Å². The number of rotatable bonds is 11. The minimum atomic E-state index is -1.06. The predicted octanol–water partition coefficient (Wildman–Crippen LogP) is -1.03. The third kappa shape index (κ3) is 11.9. The number of hydrogen-bond acceptors (Lipinski definition) is 9. The van der Waals surface area contributed by atoms with Crippen molar-refractivity contribution >= 4 is 29.7 Å². The largest absolute Gasteiger partial charge is 0.480 e. The number of nitrogens with zero attached hydrogens (tertiary/aromatic N) is 4. The van der Waals surface area contributed by atoms with Crippen molar-refractivity contribution in [2.75, 3.05) is 78.5 Å². The van der Waals surface area contributed by atoms with Crippen molar-refractivity contribution in [3.63, 3.8) is 0 Å². The average Bonchev–Trinajstić information content (AvgIpc) is 2.80. The van der Waals surface area contributed by atoms with Crippen LogP contribution in [-0.2, 0) is 25.6 Å². The van der Waals surface area contributed by atoms with E-state index in [1.54, 1.807) is 26.8 Å². The Kier molecular flexibility index (Phi) is 12.1. The lowest BCUT2D eigenvalue weighted by molar-refractivity contribution is -0.140. The highest BCUT2D eigenvalue weighted by Crippen LogP contribution is 2.07. The van der Waals surface area contributed by atoms with E-state index in [1.165, 1.54) is 12.1 Å². The molecule has 1 fully saturated rings. The Labute approximate surface area is 214 Å². The first-order valence-corrected chi connectivity index (χ1v) is 11.9. The van der Waals surface area contributed by atoms with Crippen LogP contribution in [0.15, 0.2) is 24.3 Å². The van der Waals surface area contributed by atoms with E-state index in [4.69, 9.17) is 5.11 Å². The second kappa shape index (κ2) is 15.0. The topological polar surface area (TPSA) is 179 Å². The number of carboxylic acids is 4. The maximum Gasteiger partial charge on any atom is 0.335 e. The van der Waals surface area contributed by atoms with Crippen LogP contribution in [0.2, 0.25) is 0 Å². The van der Waals surface area contributed by atoms with Gasteiger partial charge in [0.05, 0.1) is 31.7 Å². The molecule has 0 amide bonds. The Hall–Kier alpha value is -3.39. The molecule has 0 unspecified atom stereocenters. The van der Waals surface area contributed by atoms with Crippen molar-refractivity contribution in [3.8, 4) is 0 Å². The van der Waals surface area contributed by atoms with E-state index in [0.717, 1.165) is 0 Å². The van der Waals surface area contributed by atoms with Crippen LogP contribution in [0.25, 0.3) is 0 Å². The van der Waals surface area contributed by atoms with Gasteiger partial charge in [-0.1, -0.05) is 12.1 Å². The fourth-order valence-electron chi connectivity index (χ4n) is 4.08. The fourth-order valence-corrected chi connectivity index (χ4v) is 4.08. The molecule has 13 heteroatoms. The molecule has 1 saturated heterocycles. The van der Waals surface area contributed by atoms with E-state index in [2.05, 4.69) is 0 Å².